The molecule has 1 aromatic heterocycles. The van der Waals surface area contributed by atoms with E-state index in [0.717, 1.165) is 11.0 Å². The smallest absolute Gasteiger partial charge is 0.148 e. The van der Waals surface area contributed by atoms with Gasteiger partial charge in [-0.05, 0) is 47.1 Å². The standard InChI is InChI=1S/C15H11BrClFN2/c1-9(17)15-19-12-7-2-3-8-13(12)20(15)14-10(16)5-4-6-11(14)18/h2-9H,1H3. The van der Waals surface area contributed by atoms with Gasteiger partial charge in [-0.2, -0.15) is 0 Å². The van der Waals surface area contributed by atoms with Gasteiger partial charge in [-0.3, -0.25) is 4.57 Å². The van der Waals surface area contributed by atoms with Crippen molar-refractivity contribution in [1.82, 2.24) is 9.55 Å². The second-order valence-corrected chi connectivity index (χ2v) is 5.99. The van der Waals surface area contributed by atoms with Crippen LogP contribution in [-0.4, -0.2) is 9.55 Å². The van der Waals surface area contributed by atoms with Gasteiger partial charge in [0.05, 0.1) is 22.1 Å². The highest BCUT2D eigenvalue weighted by molar-refractivity contribution is 9.10. The van der Waals surface area contributed by atoms with Gasteiger partial charge in [0.15, 0.2) is 0 Å². The predicted molar refractivity (Wildman–Crippen MR) is 83.0 cm³/mol. The Bertz CT molecular complexity index is 762. The average molecular weight is 354 g/mol. The molecule has 3 aromatic rings. The Morgan fingerprint density at radius 2 is 1.95 bits per heavy atom. The zero-order valence-corrected chi connectivity index (χ0v) is 13.0. The van der Waals surface area contributed by atoms with E-state index in [0.29, 0.717) is 16.0 Å². The van der Waals surface area contributed by atoms with E-state index in [4.69, 9.17) is 11.6 Å². The van der Waals surface area contributed by atoms with E-state index in [1.54, 1.807) is 16.7 Å². The summed E-state index contributed by atoms with van der Waals surface area (Å²) in [6.07, 6.45) is 0. The van der Waals surface area contributed by atoms with E-state index in [9.17, 15) is 4.39 Å². The SMILES string of the molecule is CC(Cl)c1nc2ccccc2n1-c1c(F)cccc1Br. The first-order valence-electron chi connectivity index (χ1n) is 6.15. The second kappa shape index (κ2) is 5.19. The van der Waals surface area contributed by atoms with E-state index >= 15 is 0 Å². The molecule has 2 aromatic carbocycles. The van der Waals surface area contributed by atoms with E-state index < -0.39 is 0 Å². The van der Waals surface area contributed by atoms with Crippen molar-refractivity contribution in [1.29, 1.82) is 0 Å². The fourth-order valence-electron chi connectivity index (χ4n) is 2.25. The zero-order chi connectivity index (χ0) is 14.3. The summed E-state index contributed by atoms with van der Waals surface area (Å²) in [6.45, 7) is 1.83. The lowest BCUT2D eigenvalue weighted by Crippen LogP contribution is -2.05. The number of para-hydroxylation sites is 3. The Morgan fingerprint density at radius 3 is 2.65 bits per heavy atom. The molecule has 0 aliphatic heterocycles. The third kappa shape index (κ3) is 2.13. The van der Waals surface area contributed by atoms with Crippen molar-refractivity contribution in [2.24, 2.45) is 0 Å². The van der Waals surface area contributed by atoms with Crippen LogP contribution in [0.15, 0.2) is 46.9 Å². The highest BCUT2D eigenvalue weighted by Gasteiger charge is 2.20. The first-order chi connectivity index (χ1) is 9.59. The molecule has 3 rings (SSSR count). The van der Waals surface area contributed by atoms with Gasteiger partial charge >= 0.3 is 0 Å². The number of benzene rings is 2. The number of rotatable bonds is 2. The van der Waals surface area contributed by atoms with Crippen molar-refractivity contribution < 1.29 is 4.39 Å². The first-order valence-corrected chi connectivity index (χ1v) is 7.38. The molecule has 0 saturated heterocycles. The summed E-state index contributed by atoms with van der Waals surface area (Å²) in [5.41, 5.74) is 2.06. The van der Waals surface area contributed by atoms with Crippen molar-refractivity contribution in [2.75, 3.05) is 0 Å². The minimum atomic E-state index is -0.325. The summed E-state index contributed by atoms with van der Waals surface area (Å²) in [5, 5.41) is -0.325. The molecule has 0 saturated carbocycles. The number of halogens is 3. The van der Waals surface area contributed by atoms with Crippen molar-refractivity contribution in [3.8, 4) is 5.69 Å². The third-order valence-electron chi connectivity index (χ3n) is 3.10. The first kappa shape index (κ1) is 13.6. The maximum atomic E-state index is 14.3. The van der Waals surface area contributed by atoms with E-state index in [-0.39, 0.29) is 11.2 Å². The van der Waals surface area contributed by atoms with E-state index in [2.05, 4.69) is 20.9 Å². The summed E-state index contributed by atoms with van der Waals surface area (Å²) in [6, 6.07) is 12.5. The maximum Gasteiger partial charge on any atom is 0.148 e. The molecule has 0 aliphatic carbocycles. The summed E-state index contributed by atoms with van der Waals surface area (Å²) < 4.78 is 16.7. The van der Waals surface area contributed by atoms with Crippen LogP contribution in [0, 0.1) is 5.82 Å². The van der Waals surface area contributed by atoms with E-state index in [1.165, 1.54) is 6.07 Å². The molecule has 20 heavy (non-hydrogen) atoms. The topological polar surface area (TPSA) is 17.8 Å². The van der Waals surface area contributed by atoms with Crippen molar-refractivity contribution in [3.05, 3.63) is 58.6 Å². The zero-order valence-electron chi connectivity index (χ0n) is 10.6. The van der Waals surface area contributed by atoms with Crippen LogP contribution in [0.4, 0.5) is 4.39 Å². The lowest BCUT2D eigenvalue weighted by Gasteiger charge is -2.13. The van der Waals surface area contributed by atoms with Crippen LogP contribution in [0.1, 0.15) is 18.1 Å². The van der Waals surface area contributed by atoms with Crippen LogP contribution in [0.3, 0.4) is 0 Å². The molecular weight excluding hydrogens is 343 g/mol. The van der Waals surface area contributed by atoms with Gasteiger partial charge in [-0.25, -0.2) is 9.37 Å². The number of hydrogen-bond acceptors (Lipinski definition) is 1. The van der Waals surface area contributed by atoms with E-state index in [1.807, 2.05) is 31.2 Å². The summed E-state index contributed by atoms with van der Waals surface area (Å²) in [5.74, 6) is 0.305. The van der Waals surface area contributed by atoms with Crippen molar-refractivity contribution >= 4 is 38.6 Å². The largest absolute Gasteiger partial charge is 0.291 e. The van der Waals surface area contributed by atoms with Gasteiger partial charge in [0.2, 0.25) is 0 Å². The maximum absolute atomic E-state index is 14.3. The van der Waals surface area contributed by atoms with Crippen LogP contribution in [0.25, 0.3) is 16.7 Å². The van der Waals surface area contributed by atoms with Gasteiger partial charge < -0.3 is 0 Å². The number of alkyl halides is 1. The normalized spacial score (nSPS) is 12.8. The number of imidazole rings is 1. The predicted octanol–water partition coefficient (Wildman–Crippen LogP) is 5.23. The van der Waals surface area contributed by atoms with Gasteiger partial charge in [0.25, 0.3) is 0 Å². The fraction of sp³-hybridized carbons (Fsp3) is 0.133. The minimum Gasteiger partial charge on any atom is -0.291 e. The fourth-order valence-corrected chi connectivity index (χ4v) is 2.91. The second-order valence-electron chi connectivity index (χ2n) is 4.48. The average Bonchev–Trinajstić information content (AvgIpc) is 2.78. The number of aromatic nitrogens is 2. The van der Waals surface area contributed by atoms with Crippen LogP contribution in [0.2, 0.25) is 0 Å². The lowest BCUT2D eigenvalue weighted by atomic mass is 10.2. The molecule has 0 radical (unpaired) electrons. The van der Waals surface area contributed by atoms with Gasteiger partial charge in [-0.1, -0.05) is 18.2 Å². The van der Waals surface area contributed by atoms with Gasteiger partial charge in [0, 0.05) is 4.47 Å². The number of fused-ring (bicyclic) bond motifs is 1. The Kier molecular flexibility index (Phi) is 3.52. The van der Waals surface area contributed by atoms with Gasteiger partial charge in [-0.15, -0.1) is 11.6 Å². The summed E-state index contributed by atoms with van der Waals surface area (Å²) in [7, 11) is 0. The Morgan fingerprint density at radius 1 is 1.20 bits per heavy atom. The molecule has 102 valence electrons. The molecule has 1 heterocycles. The molecule has 0 spiro atoms. The van der Waals surface area contributed by atoms with Crippen LogP contribution < -0.4 is 0 Å². The highest BCUT2D eigenvalue weighted by atomic mass is 79.9. The molecule has 0 bridgehead atoms. The quantitative estimate of drug-likeness (QED) is 0.577. The van der Waals surface area contributed by atoms with Crippen LogP contribution in [0.5, 0.6) is 0 Å². The highest BCUT2D eigenvalue weighted by Crippen LogP contribution is 2.32. The van der Waals surface area contributed by atoms with Crippen LogP contribution >= 0.6 is 27.5 Å². The number of nitrogens with zero attached hydrogens (tertiary/aromatic N) is 2. The molecule has 0 N–H and O–H groups in total. The third-order valence-corrected chi connectivity index (χ3v) is 3.94. The van der Waals surface area contributed by atoms with Gasteiger partial charge in [0.1, 0.15) is 11.6 Å². The Labute approximate surface area is 129 Å². The molecule has 1 unspecified atom stereocenters. The molecular formula is C15H11BrClFN2. The molecule has 0 amide bonds. The molecule has 0 fully saturated rings. The number of hydrogen-bond donors (Lipinski definition) is 0. The summed E-state index contributed by atoms with van der Waals surface area (Å²) in [4.78, 5) is 4.51. The Balaban J connectivity index is 2.43. The summed E-state index contributed by atoms with van der Waals surface area (Å²) >= 11 is 9.62. The molecule has 1 atom stereocenters. The monoisotopic (exact) mass is 352 g/mol. The van der Waals surface area contributed by atoms with Crippen molar-refractivity contribution in [3.63, 3.8) is 0 Å². The molecule has 0 aliphatic rings. The van der Waals surface area contributed by atoms with Crippen LogP contribution in [-0.2, 0) is 0 Å². The molecule has 2 nitrogen and oxygen atoms in total. The minimum absolute atomic E-state index is 0.318. The molecule has 5 heteroatoms. The Hall–Kier alpha value is -1.39. The van der Waals surface area contributed by atoms with Crippen molar-refractivity contribution in [2.45, 2.75) is 12.3 Å². The lowest BCUT2D eigenvalue weighted by molar-refractivity contribution is 0.615.